The summed E-state index contributed by atoms with van der Waals surface area (Å²) in [4.78, 5) is 24.3. The normalized spacial score (nSPS) is 10.9. The summed E-state index contributed by atoms with van der Waals surface area (Å²) in [5, 5.41) is 7.86. The molecular formula is C28H30ClN3O4. The highest BCUT2D eigenvalue weighted by Gasteiger charge is 2.23. The van der Waals surface area contributed by atoms with Crippen molar-refractivity contribution in [2.24, 2.45) is 0 Å². The maximum atomic E-state index is 12.6. The molecular weight excluding hydrogens is 478 g/mol. The van der Waals surface area contributed by atoms with Crippen LogP contribution in [-0.2, 0) is 9.47 Å². The molecule has 0 bridgehead atoms. The number of nitrogens with one attached hydrogen (secondary N) is 1. The van der Waals surface area contributed by atoms with E-state index in [1.54, 1.807) is 44.5 Å². The Balaban J connectivity index is 1.92. The minimum absolute atomic E-state index is 0.164. The molecule has 1 N–H and O–H groups in total. The average molecular weight is 508 g/mol. The van der Waals surface area contributed by atoms with Gasteiger partial charge in [-0.1, -0.05) is 35.6 Å². The third kappa shape index (κ3) is 6.67. The van der Waals surface area contributed by atoms with Crippen molar-refractivity contribution in [3.05, 3.63) is 69.9 Å². The molecule has 0 fully saturated rings. The summed E-state index contributed by atoms with van der Waals surface area (Å²) in [7, 11) is 0. The second kappa shape index (κ2) is 11.3. The minimum Gasteiger partial charge on any atom is -0.461 e. The number of benzene rings is 2. The van der Waals surface area contributed by atoms with E-state index in [1.165, 1.54) is 0 Å². The molecule has 0 saturated heterocycles. The van der Waals surface area contributed by atoms with Crippen LogP contribution in [0.1, 0.15) is 54.9 Å². The fourth-order valence-corrected chi connectivity index (χ4v) is 3.68. The van der Waals surface area contributed by atoms with Gasteiger partial charge in [-0.05, 0) is 77.4 Å². The number of carbonyl (C=O) groups excluding carboxylic acids is 2. The molecule has 3 aromatic rings. The lowest BCUT2D eigenvalue weighted by Crippen LogP contribution is -2.32. The van der Waals surface area contributed by atoms with Crippen LogP contribution in [-0.4, -0.2) is 40.6 Å². The van der Waals surface area contributed by atoms with Crippen LogP contribution in [0.25, 0.3) is 16.9 Å². The molecule has 188 valence electrons. The fourth-order valence-electron chi connectivity index (χ4n) is 3.56. The number of ether oxygens (including phenoxy) is 2. The smallest absolute Gasteiger partial charge is 0.408 e. The van der Waals surface area contributed by atoms with Gasteiger partial charge >= 0.3 is 12.1 Å². The Hall–Kier alpha value is -3.76. The van der Waals surface area contributed by atoms with Crippen LogP contribution in [0, 0.1) is 25.7 Å². The number of halogens is 1. The highest BCUT2D eigenvalue weighted by Crippen LogP contribution is 2.31. The lowest BCUT2D eigenvalue weighted by molar-refractivity contribution is 0.0513. The highest BCUT2D eigenvalue weighted by molar-refractivity contribution is 6.30. The van der Waals surface area contributed by atoms with E-state index in [0.717, 1.165) is 28.1 Å². The molecule has 1 heterocycles. The van der Waals surface area contributed by atoms with Gasteiger partial charge in [0.25, 0.3) is 0 Å². The van der Waals surface area contributed by atoms with E-state index in [9.17, 15) is 9.59 Å². The molecule has 1 aromatic heterocycles. The molecule has 0 radical (unpaired) electrons. The number of aromatic nitrogens is 2. The van der Waals surface area contributed by atoms with Crippen molar-refractivity contribution in [2.45, 2.75) is 47.1 Å². The first-order valence-electron chi connectivity index (χ1n) is 11.6. The molecule has 0 unspecified atom stereocenters. The van der Waals surface area contributed by atoms with Crippen LogP contribution in [0.3, 0.4) is 0 Å². The van der Waals surface area contributed by atoms with Gasteiger partial charge < -0.3 is 14.8 Å². The number of rotatable bonds is 5. The van der Waals surface area contributed by atoms with Crippen molar-refractivity contribution in [1.29, 1.82) is 0 Å². The average Bonchev–Trinajstić information content (AvgIpc) is 3.13. The molecule has 0 saturated carbocycles. The number of nitrogens with zero attached hydrogens (tertiary/aromatic N) is 2. The quantitative estimate of drug-likeness (QED) is 0.345. The number of carbonyl (C=O) groups is 2. The summed E-state index contributed by atoms with van der Waals surface area (Å²) in [6, 6.07) is 13.1. The second-order valence-electron chi connectivity index (χ2n) is 9.12. The SMILES string of the molecule is CCOC(=O)c1nn(-c2ccc(C#CCNC(=O)OC(C)(C)C)cc2C)c(-c2ccc(Cl)cc2)c1C. The van der Waals surface area contributed by atoms with Crippen molar-refractivity contribution < 1.29 is 19.1 Å². The molecule has 0 aliphatic carbocycles. The van der Waals surface area contributed by atoms with Gasteiger partial charge in [0.15, 0.2) is 5.69 Å². The molecule has 0 aliphatic heterocycles. The molecule has 36 heavy (non-hydrogen) atoms. The Bertz CT molecular complexity index is 1330. The van der Waals surface area contributed by atoms with Crippen LogP contribution in [0.2, 0.25) is 5.02 Å². The maximum Gasteiger partial charge on any atom is 0.408 e. The van der Waals surface area contributed by atoms with Crippen LogP contribution in [0.15, 0.2) is 42.5 Å². The number of amides is 1. The van der Waals surface area contributed by atoms with Gasteiger partial charge in [-0.25, -0.2) is 14.3 Å². The predicted molar refractivity (Wildman–Crippen MR) is 141 cm³/mol. The lowest BCUT2D eigenvalue weighted by atomic mass is 10.1. The molecule has 1 amide bonds. The summed E-state index contributed by atoms with van der Waals surface area (Å²) >= 11 is 6.09. The van der Waals surface area contributed by atoms with Gasteiger partial charge in [-0.15, -0.1) is 0 Å². The summed E-state index contributed by atoms with van der Waals surface area (Å²) in [6.07, 6.45) is -0.510. The van der Waals surface area contributed by atoms with Crippen LogP contribution >= 0.6 is 11.6 Å². The minimum atomic E-state index is -0.562. The second-order valence-corrected chi connectivity index (χ2v) is 9.56. The van der Waals surface area contributed by atoms with Crippen LogP contribution in [0.5, 0.6) is 0 Å². The zero-order valence-corrected chi connectivity index (χ0v) is 22.1. The molecule has 3 rings (SSSR count). The van der Waals surface area contributed by atoms with E-state index in [1.807, 2.05) is 44.2 Å². The van der Waals surface area contributed by atoms with Gasteiger partial charge in [0.2, 0.25) is 0 Å². The number of hydrogen-bond acceptors (Lipinski definition) is 5. The first-order chi connectivity index (χ1) is 17.0. The standard InChI is InChI=1S/C28H30ClN3O4/c1-7-35-26(33)24-19(3)25(21-11-13-22(29)14-12-21)32(31-24)23-15-10-20(17-18(23)2)9-8-16-30-27(34)36-28(4,5)6/h10-15,17H,7,16H2,1-6H3,(H,30,34). The Morgan fingerprint density at radius 2 is 1.81 bits per heavy atom. The van der Waals surface area contributed by atoms with Gasteiger partial charge in [-0.2, -0.15) is 5.10 Å². The summed E-state index contributed by atoms with van der Waals surface area (Å²) in [5.41, 5.74) is 4.56. The summed E-state index contributed by atoms with van der Waals surface area (Å²) in [5.74, 6) is 5.51. The van der Waals surface area contributed by atoms with Gasteiger partial charge in [0.05, 0.1) is 24.5 Å². The molecule has 8 heteroatoms. The third-order valence-corrected chi connectivity index (χ3v) is 5.34. The first-order valence-corrected chi connectivity index (χ1v) is 12.0. The van der Waals surface area contributed by atoms with E-state index < -0.39 is 17.7 Å². The van der Waals surface area contributed by atoms with Crippen LogP contribution in [0.4, 0.5) is 4.79 Å². The van der Waals surface area contributed by atoms with Crippen molar-refractivity contribution in [3.63, 3.8) is 0 Å². The van der Waals surface area contributed by atoms with Crippen molar-refractivity contribution in [2.75, 3.05) is 13.2 Å². The Morgan fingerprint density at radius 3 is 2.42 bits per heavy atom. The van der Waals surface area contributed by atoms with Gasteiger partial charge in [-0.3, -0.25) is 0 Å². The Labute approximate surface area is 216 Å². The van der Waals surface area contributed by atoms with Crippen molar-refractivity contribution >= 4 is 23.7 Å². The van der Waals surface area contributed by atoms with E-state index in [4.69, 9.17) is 21.1 Å². The monoisotopic (exact) mass is 507 g/mol. The molecule has 2 aromatic carbocycles. The van der Waals surface area contributed by atoms with Crippen molar-refractivity contribution in [3.8, 4) is 28.8 Å². The zero-order valence-electron chi connectivity index (χ0n) is 21.4. The molecule has 0 spiro atoms. The third-order valence-electron chi connectivity index (χ3n) is 5.09. The van der Waals surface area contributed by atoms with Gasteiger partial charge in [0.1, 0.15) is 5.60 Å². The topological polar surface area (TPSA) is 82.5 Å². The molecule has 0 atom stereocenters. The highest BCUT2D eigenvalue weighted by atomic mass is 35.5. The number of hydrogen-bond donors (Lipinski definition) is 1. The largest absolute Gasteiger partial charge is 0.461 e. The van der Waals surface area contributed by atoms with E-state index >= 15 is 0 Å². The lowest BCUT2D eigenvalue weighted by Gasteiger charge is -2.19. The first kappa shape index (κ1) is 26.8. The van der Waals surface area contributed by atoms with E-state index in [2.05, 4.69) is 22.3 Å². The Kier molecular flexibility index (Phi) is 8.44. The fraction of sp³-hybridized carbons (Fsp3) is 0.321. The van der Waals surface area contributed by atoms with E-state index in [0.29, 0.717) is 10.6 Å². The van der Waals surface area contributed by atoms with Crippen molar-refractivity contribution in [1.82, 2.24) is 15.1 Å². The number of aryl methyl sites for hydroxylation is 1. The Morgan fingerprint density at radius 1 is 1.11 bits per heavy atom. The van der Waals surface area contributed by atoms with E-state index in [-0.39, 0.29) is 18.8 Å². The van der Waals surface area contributed by atoms with Crippen LogP contribution < -0.4 is 5.32 Å². The number of esters is 1. The van der Waals surface area contributed by atoms with Gasteiger partial charge in [0, 0.05) is 21.7 Å². The summed E-state index contributed by atoms with van der Waals surface area (Å²) < 4.78 is 12.2. The molecule has 7 nitrogen and oxygen atoms in total. The molecule has 0 aliphatic rings. The predicted octanol–water partition coefficient (Wildman–Crippen LogP) is 5.86. The summed E-state index contributed by atoms with van der Waals surface area (Å²) in [6.45, 7) is 11.4. The maximum absolute atomic E-state index is 12.6. The zero-order chi connectivity index (χ0) is 26.5. The number of alkyl carbamates (subject to hydrolysis) is 1.